The molecule has 0 radical (unpaired) electrons. The lowest BCUT2D eigenvalue weighted by molar-refractivity contribution is -0.123. The molecule has 2 aliphatic rings. The van der Waals surface area contributed by atoms with Gasteiger partial charge in [0.2, 0.25) is 5.55 Å². The largest absolute Gasteiger partial charge is 0.487 e. The number of alkyl carbamates (subject to hydrolysis) is 1. The van der Waals surface area contributed by atoms with Crippen molar-refractivity contribution in [3.8, 4) is 5.75 Å². The van der Waals surface area contributed by atoms with Gasteiger partial charge in [-0.3, -0.25) is 4.79 Å². The van der Waals surface area contributed by atoms with Gasteiger partial charge in [-0.05, 0) is 89.8 Å². The van der Waals surface area contributed by atoms with Crippen molar-refractivity contribution in [3.63, 3.8) is 0 Å². The smallest absolute Gasteiger partial charge is 0.408 e. The zero-order valence-corrected chi connectivity index (χ0v) is 21.5. The highest BCUT2D eigenvalue weighted by molar-refractivity contribution is 5.85. The number of ether oxygens (including phenoxy) is 2. The van der Waals surface area contributed by atoms with E-state index < -0.39 is 23.6 Å². The minimum Gasteiger partial charge on any atom is -0.487 e. The molecule has 0 saturated heterocycles. The summed E-state index contributed by atoms with van der Waals surface area (Å²) >= 11 is 0. The van der Waals surface area contributed by atoms with Crippen LogP contribution in [0.5, 0.6) is 5.75 Å². The van der Waals surface area contributed by atoms with Crippen LogP contribution in [-0.2, 0) is 16.0 Å². The molecule has 1 unspecified atom stereocenters. The van der Waals surface area contributed by atoms with Crippen LogP contribution in [0.25, 0.3) is 11.0 Å². The normalized spacial score (nSPS) is 18.5. The Bertz CT molecular complexity index is 1170. The van der Waals surface area contributed by atoms with E-state index in [0.717, 1.165) is 42.4 Å². The standard InChI is InChI=1S/C27H37N3O5/c1-6-20(28-25(32)35-26(3,4)5)24(31)30-29-23-14-17(2)19-15-18-10-13-27(11-8-7-9-12-27)34-21(18)16-22(19)33-23/h14-16,20H,6-13H2,1-5H3,(H,28,32)(H,30,31)/b29-23+. The highest BCUT2D eigenvalue weighted by Gasteiger charge is 2.37. The second-order valence-corrected chi connectivity index (χ2v) is 10.8. The van der Waals surface area contributed by atoms with Crippen molar-refractivity contribution >= 4 is 23.0 Å². The van der Waals surface area contributed by atoms with Crippen LogP contribution in [0.1, 0.15) is 83.8 Å². The second kappa shape index (κ2) is 9.91. The number of benzene rings is 1. The molecule has 1 fully saturated rings. The SMILES string of the molecule is CCC(NC(=O)OC(C)(C)C)C(=O)N/N=c1\cc(C)c2cc3c(cc2o1)OC1(CCCCC1)CC3. The quantitative estimate of drug-likeness (QED) is 0.596. The van der Waals surface area contributed by atoms with E-state index in [-0.39, 0.29) is 11.2 Å². The molecule has 1 aromatic heterocycles. The van der Waals surface area contributed by atoms with Gasteiger partial charge < -0.3 is 19.2 Å². The molecule has 0 bridgehead atoms. The highest BCUT2D eigenvalue weighted by atomic mass is 16.6. The lowest BCUT2D eigenvalue weighted by Crippen LogP contribution is -2.47. The van der Waals surface area contributed by atoms with Crippen molar-refractivity contribution in [2.24, 2.45) is 5.10 Å². The summed E-state index contributed by atoms with van der Waals surface area (Å²) < 4.78 is 17.8. The van der Waals surface area contributed by atoms with E-state index in [1.54, 1.807) is 33.8 Å². The molecule has 35 heavy (non-hydrogen) atoms. The third kappa shape index (κ3) is 5.97. The van der Waals surface area contributed by atoms with Crippen molar-refractivity contribution in [2.75, 3.05) is 0 Å². The first-order chi connectivity index (χ1) is 16.6. The third-order valence-corrected chi connectivity index (χ3v) is 6.78. The van der Waals surface area contributed by atoms with Crippen molar-refractivity contribution in [3.05, 3.63) is 34.9 Å². The van der Waals surface area contributed by atoms with Crippen molar-refractivity contribution in [1.29, 1.82) is 0 Å². The van der Waals surface area contributed by atoms with E-state index in [1.807, 2.05) is 13.0 Å². The first-order valence-corrected chi connectivity index (χ1v) is 12.7. The van der Waals surface area contributed by atoms with Gasteiger partial charge in [-0.2, -0.15) is 0 Å². The van der Waals surface area contributed by atoms with Crippen LogP contribution < -0.4 is 21.0 Å². The van der Waals surface area contributed by atoms with Crippen LogP contribution in [-0.4, -0.2) is 29.2 Å². The third-order valence-electron chi connectivity index (χ3n) is 6.78. The minimum atomic E-state index is -0.776. The molecule has 2 amide bonds. The van der Waals surface area contributed by atoms with Crippen molar-refractivity contribution in [2.45, 2.75) is 103 Å². The zero-order chi connectivity index (χ0) is 25.2. The lowest BCUT2D eigenvalue weighted by atomic mass is 9.79. The van der Waals surface area contributed by atoms with E-state index in [2.05, 4.69) is 21.9 Å². The fourth-order valence-electron chi connectivity index (χ4n) is 4.94. The first-order valence-electron chi connectivity index (χ1n) is 12.7. The fraction of sp³-hybridized carbons (Fsp3) is 0.593. The summed E-state index contributed by atoms with van der Waals surface area (Å²) in [6.07, 6.45) is 7.76. The van der Waals surface area contributed by atoms with Crippen LogP contribution in [0.15, 0.2) is 27.7 Å². The van der Waals surface area contributed by atoms with Crippen molar-refractivity contribution in [1.82, 2.24) is 10.7 Å². The van der Waals surface area contributed by atoms with E-state index in [0.29, 0.717) is 12.0 Å². The number of fused-ring (bicyclic) bond motifs is 2. The van der Waals surface area contributed by atoms with Gasteiger partial charge in [0.05, 0.1) is 0 Å². The van der Waals surface area contributed by atoms with Gasteiger partial charge in [0.15, 0.2) is 0 Å². The van der Waals surface area contributed by atoms with Gasteiger partial charge in [0.1, 0.15) is 28.6 Å². The maximum absolute atomic E-state index is 12.6. The molecule has 2 N–H and O–H groups in total. The van der Waals surface area contributed by atoms with Crippen LogP contribution in [0, 0.1) is 6.92 Å². The number of rotatable bonds is 4. The summed E-state index contributed by atoms with van der Waals surface area (Å²) in [4.78, 5) is 24.7. The number of hydrogen-bond acceptors (Lipinski definition) is 6. The molecule has 2 aromatic rings. The summed E-state index contributed by atoms with van der Waals surface area (Å²) in [5.74, 6) is 0.446. The Labute approximate surface area is 206 Å². The average molecular weight is 484 g/mol. The summed E-state index contributed by atoms with van der Waals surface area (Å²) in [6, 6.07) is 5.14. The summed E-state index contributed by atoms with van der Waals surface area (Å²) in [5.41, 5.74) is 4.98. The van der Waals surface area contributed by atoms with Gasteiger partial charge in [0.25, 0.3) is 5.91 Å². The highest BCUT2D eigenvalue weighted by Crippen LogP contribution is 2.43. The Hall–Kier alpha value is -3.03. The van der Waals surface area contributed by atoms with Crippen LogP contribution >= 0.6 is 0 Å². The number of carbonyl (C=O) groups excluding carboxylic acids is 2. The summed E-state index contributed by atoms with van der Waals surface area (Å²) in [7, 11) is 0. The summed E-state index contributed by atoms with van der Waals surface area (Å²) in [6.45, 7) is 9.10. The number of hydrogen-bond donors (Lipinski definition) is 2. The molecule has 1 saturated carbocycles. The van der Waals surface area contributed by atoms with Gasteiger partial charge in [-0.15, -0.1) is 5.10 Å². The van der Waals surface area contributed by atoms with Gasteiger partial charge in [0, 0.05) is 17.5 Å². The molecule has 1 atom stereocenters. The second-order valence-electron chi connectivity index (χ2n) is 10.8. The molecule has 1 aromatic carbocycles. The minimum absolute atomic E-state index is 0.0414. The van der Waals surface area contributed by atoms with E-state index >= 15 is 0 Å². The van der Waals surface area contributed by atoms with Crippen molar-refractivity contribution < 1.29 is 23.5 Å². The maximum atomic E-state index is 12.6. The molecule has 8 heteroatoms. The fourth-order valence-corrected chi connectivity index (χ4v) is 4.94. The average Bonchev–Trinajstić information content (AvgIpc) is 2.79. The molecule has 1 aliphatic carbocycles. The Kier molecular flexibility index (Phi) is 7.10. The van der Waals surface area contributed by atoms with E-state index in [1.165, 1.54) is 24.8 Å². The molecule has 1 aliphatic heterocycles. The van der Waals surface area contributed by atoms with Gasteiger partial charge in [-0.1, -0.05) is 13.3 Å². The number of aryl methyl sites for hydroxylation is 2. The monoisotopic (exact) mass is 483 g/mol. The molecular formula is C27H37N3O5. The maximum Gasteiger partial charge on any atom is 0.408 e. The summed E-state index contributed by atoms with van der Waals surface area (Å²) in [5, 5.41) is 7.76. The Morgan fingerprint density at radius 2 is 1.89 bits per heavy atom. The number of nitrogens with one attached hydrogen (secondary N) is 2. The van der Waals surface area contributed by atoms with Crippen LogP contribution in [0.3, 0.4) is 0 Å². The molecule has 4 rings (SSSR count). The van der Waals surface area contributed by atoms with Gasteiger partial charge in [-0.25, -0.2) is 10.2 Å². The molecule has 2 heterocycles. The van der Waals surface area contributed by atoms with Gasteiger partial charge >= 0.3 is 6.09 Å². The zero-order valence-electron chi connectivity index (χ0n) is 21.5. The Balaban J connectivity index is 1.52. The number of nitrogens with zero attached hydrogens (tertiary/aromatic N) is 1. The Morgan fingerprint density at radius 3 is 2.57 bits per heavy atom. The van der Waals surface area contributed by atoms with E-state index in [9.17, 15) is 9.59 Å². The molecule has 1 spiro atoms. The van der Waals surface area contributed by atoms with Crippen LogP contribution in [0.2, 0.25) is 0 Å². The topological polar surface area (TPSA) is 102 Å². The van der Waals surface area contributed by atoms with Crippen LogP contribution in [0.4, 0.5) is 4.79 Å². The van der Waals surface area contributed by atoms with E-state index in [4.69, 9.17) is 13.9 Å². The molecule has 8 nitrogen and oxygen atoms in total. The number of amides is 2. The molecule has 190 valence electrons. The number of carbonyl (C=O) groups is 2. The molecular weight excluding hydrogens is 446 g/mol. The Morgan fingerprint density at radius 1 is 1.14 bits per heavy atom. The predicted octanol–water partition coefficient (Wildman–Crippen LogP) is 5.00. The lowest BCUT2D eigenvalue weighted by Gasteiger charge is -2.41. The first kappa shape index (κ1) is 25.1. The predicted molar refractivity (Wildman–Crippen MR) is 133 cm³/mol.